The third-order valence-electron chi connectivity index (χ3n) is 5.90. The van der Waals surface area contributed by atoms with E-state index < -0.39 is 0 Å². The van der Waals surface area contributed by atoms with Gasteiger partial charge in [-0.05, 0) is 62.4 Å². The van der Waals surface area contributed by atoms with Crippen LogP contribution in [0.1, 0.15) is 50.5 Å². The topological polar surface area (TPSA) is 28.3 Å². The Kier molecular flexibility index (Phi) is 4.30. The van der Waals surface area contributed by atoms with Crippen LogP contribution in [0, 0.1) is 0 Å². The molecule has 1 unspecified atom stereocenters. The molecule has 0 spiro atoms. The Morgan fingerprint density at radius 2 is 2.00 bits per heavy atom. The minimum absolute atomic E-state index is 0.725. The highest BCUT2D eigenvalue weighted by atomic mass is 16.5. The lowest BCUT2D eigenvalue weighted by atomic mass is 9.93. The van der Waals surface area contributed by atoms with Crippen molar-refractivity contribution in [3.63, 3.8) is 0 Å². The number of nitrogens with zero attached hydrogens (tertiary/aromatic N) is 1. The summed E-state index contributed by atoms with van der Waals surface area (Å²) in [6, 6.07) is 7.91. The molecule has 0 amide bonds. The van der Waals surface area contributed by atoms with Gasteiger partial charge < -0.3 is 9.72 Å². The highest BCUT2D eigenvalue weighted by Crippen LogP contribution is 2.32. The second-order valence-corrected chi connectivity index (χ2v) is 7.26. The fourth-order valence-corrected chi connectivity index (χ4v) is 4.68. The Morgan fingerprint density at radius 1 is 1.13 bits per heavy atom. The van der Waals surface area contributed by atoms with Crippen LogP contribution in [-0.4, -0.2) is 35.6 Å². The van der Waals surface area contributed by atoms with E-state index in [0.717, 1.165) is 17.8 Å². The second-order valence-electron chi connectivity index (χ2n) is 7.26. The number of fused-ring (bicyclic) bond motifs is 1. The molecule has 1 aliphatic heterocycles. The van der Waals surface area contributed by atoms with E-state index in [0.29, 0.717) is 0 Å². The summed E-state index contributed by atoms with van der Waals surface area (Å²) in [4.78, 5) is 6.27. The fourth-order valence-electron chi connectivity index (χ4n) is 4.68. The van der Waals surface area contributed by atoms with Crippen LogP contribution in [-0.2, 0) is 6.42 Å². The molecule has 1 saturated heterocycles. The lowest BCUT2D eigenvalue weighted by molar-refractivity contribution is 0.141. The van der Waals surface area contributed by atoms with Crippen LogP contribution >= 0.6 is 0 Å². The summed E-state index contributed by atoms with van der Waals surface area (Å²) in [6.45, 7) is 1.31. The van der Waals surface area contributed by atoms with E-state index in [1.54, 1.807) is 7.11 Å². The maximum Gasteiger partial charge on any atom is 0.119 e. The van der Waals surface area contributed by atoms with Crippen LogP contribution in [0.15, 0.2) is 24.4 Å². The third kappa shape index (κ3) is 2.99. The summed E-state index contributed by atoms with van der Waals surface area (Å²) in [6.07, 6.45) is 13.2. The zero-order chi connectivity index (χ0) is 15.6. The van der Waals surface area contributed by atoms with Gasteiger partial charge in [0.25, 0.3) is 0 Å². The first-order chi connectivity index (χ1) is 11.3. The lowest BCUT2D eigenvalue weighted by Gasteiger charge is -2.35. The van der Waals surface area contributed by atoms with Gasteiger partial charge in [-0.25, -0.2) is 0 Å². The Bertz CT molecular complexity index is 657. The van der Waals surface area contributed by atoms with Crippen LogP contribution in [0.25, 0.3) is 10.9 Å². The Labute approximate surface area is 139 Å². The highest BCUT2D eigenvalue weighted by Gasteiger charge is 2.31. The summed E-state index contributed by atoms with van der Waals surface area (Å²) in [5.41, 5.74) is 2.68. The minimum atomic E-state index is 0.725. The molecule has 1 aliphatic carbocycles. The van der Waals surface area contributed by atoms with E-state index in [1.165, 1.54) is 74.4 Å². The number of ether oxygens (including phenoxy) is 1. The van der Waals surface area contributed by atoms with Crippen LogP contribution < -0.4 is 4.74 Å². The van der Waals surface area contributed by atoms with Crippen molar-refractivity contribution in [3.8, 4) is 5.75 Å². The predicted octanol–water partition coefficient (Wildman–Crippen LogP) is 4.52. The first kappa shape index (κ1) is 15.1. The van der Waals surface area contributed by atoms with Gasteiger partial charge in [0.05, 0.1) is 7.11 Å². The maximum absolute atomic E-state index is 5.41. The molecule has 124 valence electrons. The van der Waals surface area contributed by atoms with Crippen LogP contribution in [0.2, 0.25) is 0 Å². The first-order valence-corrected chi connectivity index (χ1v) is 9.25. The molecule has 2 heterocycles. The molecule has 1 saturated carbocycles. The average Bonchev–Trinajstić information content (AvgIpc) is 3.23. The summed E-state index contributed by atoms with van der Waals surface area (Å²) in [5.74, 6) is 0.953. The van der Waals surface area contributed by atoms with E-state index in [1.807, 2.05) is 6.07 Å². The van der Waals surface area contributed by atoms with Crippen molar-refractivity contribution in [1.29, 1.82) is 0 Å². The first-order valence-electron chi connectivity index (χ1n) is 9.25. The minimum Gasteiger partial charge on any atom is -0.497 e. The van der Waals surface area contributed by atoms with Gasteiger partial charge in [0.2, 0.25) is 0 Å². The number of methoxy groups -OCH3 is 1. The van der Waals surface area contributed by atoms with Gasteiger partial charge in [-0.1, -0.05) is 19.3 Å². The van der Waals surface area contributed by atoms with E-state index in [2.05, 4.69) is 28.2 Å². The van der Waals surface area contributed by atoms with Gasteiger partial charge in [0.15, 0.2) is 0 Å². The average molecular weight is 312 g/mol. The molecule has 2 aliphatic rings. The molecule has 1 atom stereocenters. The molecule has 0 radical (unpaired) electrons. The Balaban J connectivity index is 1.54. The zero-order valence-corrected chi connectivity index (χ0v) is 14.2. The predicted molar refractivity (Wildman–Crippen MR) is 95.2 cm³/mol. The molecule has 1 N–H and O–H groups in total. The van der Waals surface area contributed by atoms with Crippen LogP contribution in [0.3, 0.4) is 0 Å². The number of H-pyrrole nitrogens is 1. The van der Waals surface area contributed by atoms with Gasteiger partial charge in [0.1, 0.15) is 5.75 Å². The number of aromatic amines is 1. The quantitative estimate of drug-likeness (QED) is 0.899. The summed E-state index contributed by atoms with van der Waals surface area (Å²) < 4.78 is 5.41. The Hall–Kier alpha value is -1.48. The number of hydrogen-bond acceptors (Lipinski definition) is 2. The van der Waals surface area contributed by atoms with Gasteiger partial charge >= 0.3 is 0 Å². The van der Waals surface area contributed by atoms with Crippen molar-refractivity contribution in [2.24, 2.45) is 0 Å². The number of aromatic nitrogens is 1. The molecular formula is C20H28N2O. The lowest BCUT2D eigenvalue weighted by Crippen LogP contribution is -2.41. The second kappa shape index (κ2) is 6.56. The Morgan fingerprint density at radius 3 is 2.83 bits per heavy atom. The smallest absolute Gasteiger partial charge is 0.119 e. The van der Waals surface area contributed by atoms with Crippen molar-refractivity contribution >= 4 is 10.9 Å². The highest BCUT2D eigenvalue weighted by molar-refractivity contribution is 5.84. The van der Waals surface area contributed by atoms with Crippen molar-refractivity contribution < 1.29 is 4.74 Å². The van der Waals surface area contributed by atoms with Gasteiger partial charge in [-0.15, -0.1) is 0 Å². The summed E-state index contributed by atoms with van der Waals surface area (Å²) in [7, 11) is 1.75. The van der Waals surface area contributed by atoms with E-state index >= 15 is 0 Å². The van der Waals surface area contributed by atoms with Gasteiger partial charge in [0, 0.05) is 29.2 Å². The van der Waals surface area contributed by atoms with Gasteiger partial charge in [-0.2, -0.15) is 0 Å². The third-order valence-corrected chi connectivity index (χ3v) is 5.90. The number of hydrogen-bond donors (Lipinski definition) is 1. The summed E-state index contributed by atoms with van der Waals surface area (Å²) >= 11 is 0. The number of benzene rings is 1. The molecule has 3 nitrogen and oxygen atoms in total. The summed E-state index contributed by atoms with van der Waals surface area (Å²) in [5, 5.41) is 1.33. The van der Waals surface area contributed by atoms with Crippen molar-refractivity contribution in [2.45, 2.75) is 63.5 Å². The van der Waals surface area contributed by atoms with E-state index in [9.17, 15) is 0 Å². The zero-order valence-electron chi connectivity index (χ0n) is 14.2. The number of rotatable bonds is 4. The van der Waals surface area contributed by atoms with Crippen molar-refractivity contribution in [1.82, 2.24) is 9.88 Å². The van der Waals surface area contributed by atoms with E-state index in [4.69, 9.17) is 4.74 Å². The molecule has 3 heteroatoms. The van der Waals surface area contributed by atoms with Gasteiger partial charge in [-0.3, -0.25) is 4.90 Å². The molecule has 0 bridgehead atoms. The van der Waals surface area contributed by atoms with Crippen molar-refractivity contribution in [3.05, 3.63) is 30.0 Å². The van der Waals surface area contributed by atoms with Crippen LogP contribution in [0.5, 0.6) is 5.75 Å². The normalized spacial score (nSPS) is 23.6. The number of likely N-dealkylation sites (tertiary alicyclic amines) is 1. The molecule has 23 heavy (non-hydrogen) atoms. The number of nitrogens with one attached hydrogen (secondary N) is 1. The molecule has 1 aromatic heterocycles. The molecule has 1 aromatic carbocycles. The SMILES string of the molecule is COc1ccc2[nH]cc(CC3CCCN3C3CCCCC3)c2c1. The molecule has 2 aromatic rings. The molecular weight excluding hydrogens is 284 g/mol. The fraction of sp³-hybridized carbons (Fsp3) is 0.600. The largest absolute Gasteiger partial charge is 0.497 e. The molecule has 2 fully saturated rings. The standard InChI is InChI=1S/C20H28N2O/c1-23-18-9-10-20-19(13-18)15(14-21-20)12-17-8-5-11-22(17)16-6-3-2-4-7-16/h9-10,13-14,16-17,21H,2-8,11-12H2,1H3. The van der Waals surface area contributed by atoms with E-state index in [-0.39, 0.29) is 0 Å². The van der Waals surface area contributed by atoms with Crippen LogP contribution in [0.4, 0.5) is 0 Å². The monoisotopic (exact) mass is 312 g/mol. The molecule has 4 rings (SSSR count). The van der Waals surface area contributed by atoms with Crippen molar-refractivity contribution in [2.75, 3.05) is 13.7 Å². The maximum atomic E-state index is 5.41.